The monoisotopic (exact) mass is 670 g/mol. The van der Waals surface area contributed by atoms with Gasteiger partial charge in [-0.3, -0.25) is 0 Å². The minimum absolute atomic E-state index is 0.00165. The molecule has 11 nitrogen and oxygen atoms in total. The van der Waals surface area contributed by atoms with Crippen LogP contribution in [0.4, 0.5) is 20.2 Å². The van der Waals surface area contributed by atoms with Gasteiger partial charge in [0.1, 0.15) is 42.0 Å². The van der Waals surface area contributed by atoms with Crippen LogP contribution in [-0.4, -0.2) is 68.5 Å². The van der Waals surface area contributed by atoms with E-state index in [0.29, 0.717) is 25.2 Å². The van der Waals surface area contributed by atoms with E-state index in [4.69, 9.17) is 9.47 Å². The van der Waals surface area contributed by atoms with Crippen molar-refractivity contribution in [1.29, 1.82) is 0 Å². The van der Waals surface area contributed by atoms with Crippen LogP contribution in [0.3, 0.4) is 0 Å². The van der Waals surface area contributed by atoms with Gasteiger partial charge in [-0.15, -0.1) is 0 Å². The first-order valence-electron chi connectivity index (χ1n) is 16.7. The third kappa shape index (κ3) is 6.80. The second-order valence-corrected chi connectivity index (χ2v) is 12.9. The van der Waals surface area contributed by atoms with Gasteiger partial charge < -0.3 is 19.3 Å². The number of rotatable bonds is 11. The molecule has 0 radical (unpaired) electrons. The van der Waals surface area contributed by atoms with Crippen LogP contribution in [0.15, 0.2) is 90.5 Å². The summed E-state index contributed by atoms with van der Waals surface area (Å²) in [5.41, 5.74) is 2.22. The van der Waals surface area contributed by atoms with Crippen LogP contribution in [0.2, 0.25) is 0 Å². The van der Waals surface area contributed by atoms with Crippen LogP contribution < -0.4 is 20.2 Å². The molecule has 7 rings (SSSR count). The Bertz CT molecular complexity index is 1900. The molecule has 0 spiro atoms. The predicted octanol–water partition coefficient (Wildman–Crippen LogP) is 5.21. The zero-order chi connectivity index (χ0) is 34.0. The average Bonchev–Trinajstić information content (AvgIpc) is 3.88. The number of piperazine rings is 1. The molecule has 0 bridgehead atoms. The Morgan fingerprint density at radius 2 is 1.59 bits per heavy atom. The van der Waals surface area contributed by atoms with Gasteiger partial charge in [0.05, 0.1) is 31.5 Å². The van der Waals surface area contributed by atoms with Crippen molar-refractivity contribution in [2.45, 2.75) is 44.9 Å². The smallest absolute Gasteiger partial charge is 0.350 e. The molecule has 49 heavy (non-hydrogen) atoms. The maximum Gasteiger partial charge on any atom is 0.350 e. The van der Waals surface area contributed by atoms with Crippen LogP contribution in [-0.2, 0) is 16.9 Å². The number of hydrogen-bond acceptors (Lipinski definition) is 8. The highest BCUT2D eigenvalue weighted by molar-refractivity contribution is 5.54. The van der Waals surface area contributed by atoms with E-state index in [1.807, 2.05) is 38.1 Å². The predicted molar refractivity (Wildman–Crippen MR) is 181 cm³/mol. The van der Waals surface area contributed by atoms with Crippen LogP contribution in [0.25, 0.3) is 5.69 Å². The van der Waals surface area contributed by atoms with Gasteiger partial charge in [-0.2, -0.15) is 10.2 Å². The first-order chi connectivity index (χ1) is 23.8. The Hall–Kier alpha value is -5.04. The molecule has 2 aromatic heterocycles. The number of benzene rings is 3. The van der Waals surface area contributed by atoms with Crippen LogP contribution in [0, 0.1) is 17.6 Å². The SMILES string of the molecule is CC[C@@H](C)n1ncn(-c2ccc(N3CCN(c4ccc(OC[C@H]5CO[C@](Cn6cncn6)(c6ccc(F)cc6F)C5)cc4)CC3)cc2)c1=O. The van der Waals surface area contributed by atoms with Gasteiger partial charge in [-0.05, 0) is 74.4 Å². The summed E-state index contributed by atoms with van der Waals surface area (Å²) in [7, 11) is 0. The van der Waals surface area contributed by atoms with Gasteiger partial charge in [-0.1, -0.05) is 13.0 Å². The van der Waals surface area contributed by atoms with Gasteiger partial charge in [0.15, 0.2) is 0 Å². The van der Waals surface area contributed by atoms with E-state index in [2.05, 4.69) is 49.2 Å². The molecule has 2 saturated heterocycles. The normalized spacial score (nSPS) is 20.1. The molecule has 0 N–H and O–H groups in total. The van der Waals surface area contributed by atoms with Crippen molar-refractivity contribution >= 4 is 11.4 Å². The van der Waals surface area contributed by atoms with Crippen molar-refractivity contribution in [3.8, 4) is 11.4 Å². The zero-order valence-electron chi connectivity index (χ0n) is 27.7. The van der Waals surface area contributed by atoms with E-state index in [1.54, 1.807) is 21.9 Å². The minimum atomic E-state index is -1.01. The van der Waals surface area contributed by atoms with E-state index < -0.39 is 17.2 Å². The summed E-state index contributed by atoms with van der Waals surface area (Å²) in [6.07, 6.45) is 5.90. The quantitative estimate of drug-likeness (QED) is 0.189. The Morgan fingerprint density at radius 1 is 0.918 bits per heavy atom. The van der Waals surface area contributed by atoms with Gasteiger partial charge in [0.2, 0.25) is 0 Å². The molecule has 256 valence electrons. The Balaban J connectivity index is 0.925. The summed E-state index contributed by atoms with van der Waals surface area (Å²) >= 11 is 0. The van der Waals surface area contributed by atoms with E-state index in [0.717, 1.165) is 61.5 Å². The third-order valence-electron chi connectivity index (χ3n) is 9.68. The summed E-state index contributed by atoms with van der Waals surface area (Å²) in [6, 6.07) is 19.8. The molecule has 4 heterocycles. The Labute approximate surface area is 283 Å². The summed E-state index contributed by atoms with van der Waals surface area (Å²) in [5, 5.41) is 8.47. The van der Waals surface area contributed by atoms with E-state index in [-0.39, 0.29) is 24.2 Å². The Kier molecular flexibility index (Phi) is 9.17. The molecule has 13 heteroatoms. The third-order valence-corrected chi connectivity index (χ3v) is 9.68. The lowest BCUT2D eigenvalue weighted by Gasteiger charge is -2.37. The lowest BCUT2D eigenvalue weighted by Crippen LogP contribution is -2.46. The first kappa shape index (κ1) is 32.5. The molecule has 0 unspecified atom stereocenters. The van der Waals surface area contributed by atoms with Crippen molar-refractivity contribution in [1.82, 2.24) is 29.1 Å². The molecule has 2 aliphatic heterocycles. The largest absolute Gasteiger partial charge is 0.493 e. The molecule has 2 fully saturated rings. The van der Waals surface area contributed by atoms with Crippen molar-refractivity contribution in [2.24, 2.45) is 5.92 Å². The van der Waals surface area contributed by atoms with Crippen LogP contribution >= 0.6 is 0 Å². The maximum atomic E-state index is 15.0. The van der Waals surface area contributed by atoms with Gasteiger partial charge in [0, 0.05) is 55.1 Å². The summed E-state index contributed by atoms with van der Waals surface area (Å²) < 4.78 is 45.8. The topological polar surface area (TPSA) is 95.5 Å². The minimum Gasteiger partial charge on any atom is -0.493 e. The highest BCUT2D eigenvalue weighted by atomic mass is 19.1. The summed E-state index contributed by atoms with van der Waals surface area (Å²) in [4.78, 5) is 21.5. The highest BCUT2D eigenvalue weighted by Gasteiger charge is 2.44. The average molecular weight is 671 g/mol. The van der Waals surface area contributed by atoms with Crippen LogP contribution in [0.1, 0.15) is 38.3 Å². The van der Waals surface area contributed by atoms with E-state index in [1.165, 1.54) is 23.1 Å². The van der Waals surface area contributed by atoms with E-state index >= 15 is 0 Å². The number of nitrogens with zero attached hydrogens (tertiary/aromatic N) is 8. The molecule has 0 saturated carbocycles. The molecule has 2 aliphatic rings. The molecule has 3 aromatic carbocycles. The molecular formula is C36H40F2N8O3. The van der Waals surface area contributed by atoms with Crippen LogP contribution in [0.5, 0.6) is 5.75 Å². The van der Waals surface area contributed by atoms with Crippen molar-refractivity contribution < 1.29 is 18.3 Å². The lowest BCUT2D eigenvalue weighted by molar-refractivity contribution is -0.0206. The van der Waals surface area contributed by atoms with Gasteiger partial charge >= 0.3 is 5.69 Å². The number of aromatic nitrogens is 6. The number of hydrogen-bond donors (Lipinski definition) is 0. The maximum absolute atomic E-state index is 15.0. The highest BCUT2D eigenvalue weighted by Crippen LogP contribution is 2.42. The number of halogens is 2. The molecular weight excluding hydrogens is 630 g/mol. The standard InChI is InChI=1S/C36H40F2N8O3/c1-3-26(2)46-35(47)45(25-41-46)31-7-5-29(6-8-31)42-14-16-43(17-15-42)30-9-11-32(12-10-30)48-20-27-19-36(49-21-27,22-44-24-39-23-40-44)33-13-4-28(37)18-34(33)38/h4-13,18,23-27H,3,14-17,19-22H2,1-2H3/t26-,27+,36-/m1/s1. The lowest BCUT2D eigenvalue weighted by atomic mass is 9.87. The fraction of sp³-hybridized carbons (Fsp3) is 0.389. The fourth-order valence-corrected chi connectivity index (χ4v) is 6.77. The molecule has 5 aromatic rings. The number of anilines is 2. The number of ether oxygens (including phenoxy) is 2. The first-order valence-corrected chi connectivity index (χ1v) is 16.7. The second kappa shape index (κ2) is 13.8. The van der Waals surface area contributed by atoms with Gasteiger partial charge in [0.25, 0.3) is 0 Å². The zero-order valence-corrected chi connectivity index (χ0v) is 27.7. The fourth-order valence-electron chi connectivity index (χ4n) is 6.77. The summed E-state index contributed by atoms with van der Waals surface area (Å²) in [6.45, 7) is 8.54. The molecule has 3 atom stereocenters. The van der Waals surface area contributed by atoms with Crippen molar-refractivity contribution in [3.05, 3.63) is 113 Å². The van der Waals surface area contributed by atoms with E-state index in [9.17, 15) is 13.6 Å². The molecule has 0 aliphatic carbocycles. The Morgan fingerprint density at radius 3 is 2.22 bits per heavy atom. The van der Waals surface area contributed by atoms with Crippen molar-refractivity contribution in [3.63, 3.8) is 0 Å². The summed E-state index contributed by atoms with van der Waals surface area (Å²) in [5.74, 6) is -0.529. The molecule has 0 amide bonds. The van der Waals surface area contributed by atoms with Crippen molar-refractivity contribution in [2.75, 3.05) is 49.2 Å². The van der Waals surface area contributed by atoms with Gasteiger partial charge in [-0.25, -0.2) is 32.5 Å². The second-order valence-electron chi connectivity index (χ2n) is 12.9.